The van der Waals surface area contributed by atoms with E-state index in [0.717, 1.165) is 0 Å². The third kappa shape index (κ3) is 3.71. The molecule has 0 radical (unpaired) electrons. The lowest BCUT2D eigenvalue weighted by molar-refractivity contribution is -0.0610. The van der Waals surface area contributed by atoms with Crippen LogP contribution in [0.5, 0.6) is 0 Å². The molecular formula is C13H23NO4. The Hall–Kier alpha value is -1.07. The van der Waals surface area contributed by atoms with E-state index in [1.165, 1.54) is 0 Å². The third-order valence-corrected chi connectivity index (χ3v) is 2.57. The summed E-state index contributed by atoms with van der Waals surface area (Å²) in [5.74, 6) is 0. The lowest BCUT2D eigenvalue weighted by atomic mass is 10.2. The predicted molar refractivity (Wildman–Crippen MR) is 68.1 cm³/mol. The molecule has 18 heavy (non-hydrogen) atoms. The Morgan fingerprint density at radius 1 is 1.56 bits per heavy atom. The zero-order chi connectivity index (χ0) is 14.0. The first kappa shape index (κ1) is 15.0. The van der Waals surface area contributed by atoms with Crippen molar-refractivity contribution in [2.45, 2.75) is 52.0 Å². The van der Waals surface area contributed by atoms with Crippen molar-refractivity contribution in [1.29, 1.82) is 0 Å². The highest BCUT2D eigenvalue weighted by atomic mass is 16.6. The monoisotopic (exact) mass is 257 g/mol. The molecule has 1 aliphatic heterocycles. The first-order chi connectivity index (χ1) is 8.17. The molecule has 104 valence electrons. The minimum absolute atomic E-state index is 0.0565. The molecule has 0 aliphatic carbocycles. The second-order valence-corrected chi connectivity index (χ2v) is 5.79. The highest BCUT2D eigenvalue weighted by Crippen LogP contribution is 2.29. The van der Waals surface area contributed by atoms with E-state index in [4.69, 9.17) is 14.6 Å². The van der Waals surface area contributed by atoms with Crippen molar-refractivity contribution in [3.05, 3.63) is 12.2 Å². The van der Waals surface area contributed by atoms with Gasteiger partial charge in [0.2, 0.25) is 0 Å². The second-order valence-electron chi connectivity index (χ2n) is 5.79. The fraction of sp³-hybridized carbons (Fsp3) is 0.769. The van der Waals surface area contributed by atoms with E-state index in [1.807, 2.05) is 34.6 Å². The minimum Gasteiger partial charge on any atom is -0.444 e. The van der Waals surface area contributed by atoms with Crippen LogP contribution >= 0.6 is 0 Å². The molecule has 5 heteroatoms. The van der Waals surface area contributed by atoms with Crippen molar-refractivity contribution in [1.82, 2.24) is 4.90 Å². The van der Waals surface area contributed by atoms with Gasteiger partial charge >= 0.3 is 6.09 Å². The van der Waals surface area contributed by atoms with Crippen molar-refractivity contribution in [2.75, 3.05) is 13.2 Å². The lowest BCUT2D eigenvalue weighted by Crippen LogP contribution is -2.49. The number of rotatable bonds is 2. The molecule has 1 amide bonds. The largest absolute Gasteiger partial charge is 0.444 e. The lowest BCUT2D eigenvalue weighted by Gasteiger charge is -2.34. The molecule has 0 aromatic heterocycles. The van der Waals surface area contributed by atoms with Crippen LogP contribution in [-0.2, 0) is 9.47 Å². The summed E-state index contributed by atoms with van der Waals surface area (Å²) in [6.07, 6.45) is 2.96. The summed E-state index contributed by atoms with van der Waals surface area (Å²) in [5.41, 5.74) is -1.24. The topological polar surface area (TPSA) is 59.0 Å². The summed E-state index contributed by atoms with van der Waals surface area (Å²) in [5, 5.41) is 8.81. The van der Waals surface area contributed by atoms with E-state index in [2.05, 4.69) is 0 Å². The Kier molecular flexibility index (Phi) is 4.40. The van der Waals surface area contributed by atoms with Crippen molar-refractivity contribution in [2.24, 2.45) is 0 Å². The Balaban J connectivity index is 2.85. The Labute approximate surface area is 108 Å². The van der Waals surface area contributed by atoms with Crippen LogP contribution in [0.4, 0.5) is 4.79 Å². The average Bonchev–Trinajstić information content (AvgIpc) is 2.48. The summed E-state index contributed by atoms with van der Waals surface area (Å²) in [6.45, 7) is 9.48. The Bertz CT molecular complexity index is 330. The van der Waals surface area contributed by atoms with Crippen LogP contribution < -0.4 is 0 Å². The highest BCUT2D eigenvalue weighted by molar-refractivity contribution is 5.70. The summed E-state index contributed by atoms with van der Waals surface area (Å²) in [6, 6.07) is -0.206. The van der Waals surface area contributed by atoms with Gasteiger partial charge in [0.1, 0.15) is 11.3 Å². The van der Waals surface area contributed by atoms with Crippen molar-refractivity contribution in [3.63, 3.8) is 0 Å². The summed E-state index contributed by atoms with van der Waals surface area (Å²) in [7, 11) is 0. The number of amides is 1. The van der Waals surface area contributed by atoms with Gasteiger partial charge in [-0.15, -0.1) is 0 Å². The van der Waals surface area contributed by atoms with Gasteiger partial charge in [-0.2, -0.15) is 0 Å². The Morgan fingerprint density at radius 3 is 2.67 bits per heavy atom. The summed E-state index contributed by atoms with van der Waals surface area (Å²) in [4.78, 5) is 13.7. The molecule has 0 aromatic rings. The van der Waals surface area contributed by atoms with Gasteiger partial charge in [-0.3, -0.25) is 4.90 Å². The molecule has 0 spiro atoms. The molecule has 1 rings (SSSR count). The molecule has 0 aromatic carbocycles. The van der Waals surface area contributed by atoms with Crippen LogP contribution in [0.1, 0.15) is 34.6 Å². The van der Waals surface area contributed by atoms with Gasteiger partial charge in [-0.1, -0.05) is 12.2 Å². The van der Waals surface area contributed by atoms with Gasteiger partial charge in [0.05, 0.1) is 19.3 Å². The molecule has 0 bridgehead atoms. The van der Waals surface area contributed by atoms with Gasteiger partial charge in [0, 0.05) is 0 Å². The molecule has 1 fully saturated rings. The fourth-order valence-electron chi connectivity index (χ4n) is 1.86. The van der Waals surface area contributed by atoms with E-state index in [1.54, 1.807) is 17.1 Å². The molecule has 1 saturated heterocycles. The maximum absolute atomic E-state index is 12.2. The van der Waals surface area contributed by atoms with Crippen LogP contribution in [0.25, 0.3) is 0 Å². The van der Waals surface area contributed by atoms with Gasteiger partial charge < -0.3 is 14.6 Å². The number of carbonyl (C=O) groups excluding carboxylic acids is 1. The van der Waals surface area contributed by atoms with Gasteiger partial charge in [-0.05, 0) is 34.6 Å². The molecule has 1 unspecified atom stereocenters. The normalized spacial score (nSPS) is 23.7. The van der Waals surface area contributed by atoms with E-state index in [-0.39, 0.29) is 12.6 Å². The van der Waals surface area contributed by atoms with Crippen LogP contribution in [0.15, 0.2) is 12.2 Å². The van der Waals surface area contributed by atoms with Crippen molar-refractivity contribution in [3.8, 4) is 0 Å². The molecule has 1 atom stereocenters. The summed E-state index contributed by atoms with van der Waals surface area (Å²) >= 11 is 0. The Morgan fingerprint density at radius 2 is 2.17 bits per heavy atom. The zero-order valence-electron chi connectivity index (χ0n) is 11.8. The fourth-order valence-corrected chi connectivity index (χ4v) is 1.86. The molecular weight excluding hydrogens is 234 g/mol. The number of carbonyl (C=O) groups is 1. The first-order valence-corrected chi connectivity index (χ1v) is 6.11. The number of nitrogens with zero attached hydrogens (tertiary/aromatic N) is 1. The highest BCUT2D eigenvalue weighted by Gasteiger charge is 2.44. The maximum atomic E-state index is 12.2. The van der Waals surface area contributed by atoms with Crippen LogP contribution in [0, 0.1) is 0 Å². The number of aliphatic hydroxyl groups is 1. The second kappa shape index (κ2) is 5.28. The smallest absolute Gasteiger partial charge is 0.413 e. The van der Waals surface area contributed by atoms with E-state index in [9.17, 15) is 4.79 Å². The number of aliphatic hydroxyl groups excluding tert-OH is 1. The zero-order valence-corrected chi connectivity index (χ0v) is 11.8. The molecule has 1 aliphatic rings. The van der Waals surface area contributed by atoms with E-state index in [0.29, 0.717) is 6.61 Å². The minimum atomic E-state index is -0.702. The van der Waals surface area contributed by atoms with Crippen LogP contribution in [0.2, 0.25) is 0 Å². The molecule has 1 heterocycles. The molecule has 1 N–H and O–H groups in total. The summed E-state index contributed by atoms with van der Waals surface area (Å²) < 4.78 is 11.0. The predicted octanol–water partition coefficient (Wildman–Crippen LogP) is 1.91. The molecule has 0 saturated carbocycles. The standard InChI is InChI=1S/C13H23NO4/c1-12(2,3)18-11(16)14-10(7-6-8-15)9-17-13(14,4)5/h6-7,10,15H,8-9H2,1-5H3/b7-6+. The average molecular weight is 257 g/mol. The van der Waals surface area contributed by atoms with Crippen molar-refractivity contribution >= 4 is 6.09 Å². The third-order valence-electron chi connectivity index (χ3n) is 2.57. The van der Waals surface area contributed by atoms with Gasteiger partial charge in [0.25, 0.3) is 0 Å². The maximum Gasteiger partial charge on any atom is 0.413 e. The van der Waals surface area contributed by atoms with Gasteiger partial charge in [0.15, 0.2) is 0 Å². The number of hydrogen-bond acceptors (Lipinski definition) is 4. The van der Waals surface area contributed by atoms with E-state index < -0.39 is 17.4 Å². The first-order valence-electron chi connectivity index (χ1n) is 6.11. The van der Waals surface area contributed by atoms with Crippen molar-refractivity contribution < 1.29 is 19.4 Å². The van der Waals surface area contributed by atoms with E-state index >= 15 is 0 Å². The van der Waals surface area contributed by atoms with Gasteiger partial charge in [-0.25, -0.2) is 4.79 Å². The van der Waals surface area contributed by atoms with Crippen LogP contribution in [-0.4, -0.2) is 46.7 Å². The molecule has 5 nitrogen and oxygen atoms in total. The SMILES string of the molecule is CC(C)(C)OC(=O)N1C(/C=C/CO)COC1(C)C. The number of hydrogen-bond donors (Lipinski definition) is 1. The van der Waals surface area contributed by atoms with Crippen LogP contribution in [0.3, 0.4) is 0 Å². The number of ether oxygens (including phenoxy) is 2. The quantitative estimate of drug-likeness (QED) is 0.768.